The summed E-state index contributed by atoms with van der Waals surface area (Å²) in [5.74, 6) is 1.32. The summed E-state index contributed by atoms with van der Waals surface area (Å²) in [5, 5.41) is 3.40. The van der Waals surface area contributed by atoms with Gasteiger partial charge in [-0.1, -0.05) is 11.8 Å². The van der Waals surface area contributed by atoms with Gasteiger partial charge in [0.15, 0.2) is 5.16 Å². The van der Waals surface area contributed by atoms with E-state index in [-0.39, 0.29) is 5.91 Å². The number of alkyl carbamates (subject to hydrolysis) is 1. The molecule has 0 aromatic carbocycles. The third-order valence-corrected chi connectivity index (χ3v) is 8.06. The third kappa shape index (κ3) is 8.32. The van der Waals surface area contributed by atoms with Crippen LogP contribution in [-0.4, -0.2) is 75.7 Å². The molecule has 2 saturated heterocycles. The van der Waals surface area contributed by atoms with Gasteiger partial charge in [-0.15, -0.1) is 0 Å². The molecule has 3 heterocycles. The highest BCUT2D eigenvalue weighted by molar-refractivity contribution is 7.99. The summed E-state index contributed by atoms with van der Waals surface area (Å²) in [6.45, 7) is 16.7. The van der Waals surface area contributed by atoms with Crippen molar-refractivity contribution in [2.75, 3.05) is 18.8 Å². The molecule has 1 aromatic rings. The lowest BCUT2D eigenvalue weighted by atomic mass is 9.81. The standard InChI is InChI=1S/C26H43BN4O5S/c1-18(30-23(33)34-24(2,3)4)21(32)31-13-9-11-19(17-31)12-10-14-37-22-28-15-20(16-29-22)27-35-25(5,6)26(7,8)36-27/h15-16,18-19H,9-14,17H2,1-8H3,(H,30,33)/t18-,19+/m1/s1. The van der Waals surface area contributed by atoms with Crippen molar-refractivity contribution in [1.29, 1.82) is 0 Å². The number of hydrogen-bond donors (Lipinski definition) is 1. The fourth-order valence-corrected chi connectivity index (χ4v) is 5.11. The maximum absolute atomic E-state index is 12.9. The Balaban J connectivity index is 1.39. The number of carbonyl (C=O) groups excluding carboxylic acids is 2. The molecule has 1 aromatic heterocycles. The van der Waals surface area contributed by atoms with Crippen molar-refractivity contribution >= 4 is 36.3 Å². The van der Waals surface area contributed by atoms with E-state index in [9.17, 15) is 9.59 Å². The molecule has 0 radical (unpaired) electrons. The van der Waals surface area contributed by atoms with Crippen LogP contribution in [0.15, 0.2) is 17.6 Å². The maximum atomic E-state index is 12.9. The highest BCUT2D eigenvalue weighted by atomic mass is 32.2. The number of carbonyl (C=O) groups is 2. The number of hydrogen-bond acceptors (Lipinski definition) is 8. The number of aromatic nitrogens is 2. The lowest BCUT2D eigenvalue weighted by Gasteiger charge is -2.34. The minimum Gasteiger partial charge on any atom is -0.444 e. The van der Waals surface area contributed by atoms with Gasteiger partial charge in [0.05, 0.1) is 11.2 Å². The summed E-state index contributed by atoms with van der Waals surface area (Å²) in [7, 11) is -0.455. The van der Waals surface area contributed by atoms with Crippen LogP contribution in [0.1, 0.15) is 81.1 Å². The molecule has 0 saturated carbocycles. The minimum absolute atomic E-state index is 0.0552. The Morgan fingerprint density at radius 3 is 2.43 bits per heavy atom. The fraction of sp³-hybridized carbons (Fsp3) is 0.769. The largest absolute Gasteiger partial charge is 0.498 e. The van der Waals surface area contributed by atoms with Crippen LogP contribution in [0.4, 0.5) is 4.79 Å². The highest BCUT2D eigenvalue weighted by Crippen LogP contribution is 2.36. The van der Waals surface area contributed by atoms with Crippen LogP contribution in [0.2, 0.25) is 0 Å². The molecular weight excluding hydrogens is 491 g/mol. The predicted molar refractivity (Wildman–Crippen MR) is 146 cm³/mol. The fourth-order valence-electron chi connectivity index (χ4n) is 4.36. The van der Waals surface area contributed by atoms with Crippen molar-refractivity contribution in [2.45, 2.75) is 109 Å². The van der Waals surface area contributed by atoms with E-state index < -0.39 is 36.1 Å². The molecule has 0 spiro atoms. The first-order valence-electron chi connectivity index (χ1n) is 13.3. The van der Waals surface area contributed by atoms with Gasteiger partial charge in [0.2, 0.25) is 5.91 Å². The Morgan fingerprint density at radius 2 is 1.84 bits per heavy atom. The van der Waals surface area contributed by atoms with Crippen molar-refractivity contribution in [3.05, 3.63) is 12.4 Å². The van der Waals surface area contributed by atoms with Crippen LogP contribution in [0.25, 0.3) is 0 Å². The summed E-state index contributed by atoms with van der Waals surface area (Å²) in [6, 6.07) is -0.610. The first-order valence-corrected chi connectivity index (χ1v) is 14.2. The predicted octanol–water partition coefficient (Wildman–Crippen LogP) is 3.80. The summed E-state index contributed by atoms with van der Waals surface area (Å²) < 4.78 is 17.4. The summed E-state index contributed by atoms with van der Waals surface area (Å²) in [5.41, 5.74) is -0.555. The van der Waals surface area contributed by atoms with Crippen LogP contribution < -0.4 is 10.8 Å². The summed E-state index contributed by atoms with van der Waals surface area (Å²) in [6.07, 6.45) is 7.16. The SMILES string of the molecule is C[C@@H](NC(=O)OC(C)(C)C)C(=O)N1CCC[C@@H](CCCSc2ncc(B3OC(C)(C)C(C)(C)O3)cn2)C1. The number of likely N-dealkylation sites (tertiary alicyclic amines) is 1. The smallest absolute Gasteiger partial charge is 0.444 e. The molecule has 1 N–H and O–H groups in total. The molecule has 3 rings (SSSR count). The van der Waals surface area contributed by atoms with E-state index in [0.29, 0.717) is 5.92 Å². The zero-order valence-electron chi connectivity index (χ0n) is 23.6. The van der Waals surface area contributed by atoms with Gasteiger partial charge in [-0.2, -0.15) is 0 Å². The lowest BCUT2D eigenvalue weighted by molar-refractivity contribution is -0.134. The molecular formula is C26H43BN4O5S. The van der Waals surface area contributed by atoms with Gasteiger partial charge in [0.1, 0.15) is 11.6 Å². The average molecular weight is 535 g/mol. The second-order valence-electron chi connectivity index (χ2n) is 12.0. The number of piperidine rings is 1. The van der Waals surface area contributed by atoms with Crippen molar-refractivity contribution in [3.63, 3.8) is 0 Å². The van der Waals surface area contributed by atoms with Gasteiger partial charge in [-0.25, -0.2) is 14.8 Å². The highest BCUT2D eigenvalue weighted by Gasteiger charge is 2.52. The van der Waals surface area contributed by atoms with Crippen LogP contribution >= 0.6 is 11.8 Å². The molecule has 0 aliphatic carbocycles. The Morgan fingerprint density at radius 1 is 1.22 bits per heavy atom. The molecule has 0 unspecified atom stereocenters. The Kier molecular flexibility index (Phi) is 9.56. The van der Waals surface area contributed by atoms with E-state index in [0.717, 1.165) is 55.1 Å². The maximum Gasteiger partial charge on any atom is 0.498 e. The Hall–Kier alpha value is -1.85. The van der Waals surface area contributed by atoms with E-state index in [1.165, 1.54) is 0 Å². The van der Waals surface area contributed by atoms with E-state index in [4.69, 9.17) is 14.0 Å². The number of nitrogens with zero attached hydrogens (tertiary/aromatic N) is 3. The molecule has 11 heteroatoms. The topological polar surface area (TPSA) is 103 Å². The zero-order chi connectivity index (χ0) is 27.4. The van der Waals surface area contributed by atoms with Gasteiger partial charge in [0, 0.05) is 36.7 Å². The Labute approximate surface area is 226 Å². The lowest BCUT2D eigenvalue weighted by Crippen LogP contribution is -2.50. The number of rotatable bonds is 8. The van der Waals surface area contributed by atoms with Crippen LogP contribution in [0.3, 0.4) is 0 Å². The van der Waals surface area contributed by atoms with Gasteiger partial charge >= 0.3 is 13.2 Å². The molecule has 2 aliphatic heterocycles. The van der Waals surface area contributed by atoms with Crippen LogP contribution in [-0.2, 0) is 18.8 Å². The van der Waals surface area contributed by atoms with E-state index in [1.807, 2.05) is 32.6 Å². The van der Waals surface area contributed by atoms with Gasteiger partial charge in [-0.3, -0.25) is 4.79 Å². The van der Waals surface area contributed by atoms with Crippen molar-refractivity contribution in [1.82, 2.24) is 20.2 Å². The van der Waals surface area contributed by atoms with Crippen molar-refractivity contribution in [2.24, 2.45) is 5.92 Å². The normalized spacial score (nSPS) is 22.0. The van der Waals surface area contributed by atoms with Crippen molar-refractivity contribution < 1.29 is 23.6 Å². The average Bonchev–Trinajstić information content (AvgIpc) is 3.02. The second kappa shape index (κ2) is 11.9. The van der Waals surface area contributed by atoms with Gasteiger partial charge in [-0.05, 0) is 87.0 Å². The second-order valence-corrected chi connectivity index (χ2v) is 13.1. The molecule has 9 nitrogen and oxygen atoms in total. The Bertz CT molecular complexity index is 922. The molecule has 2 atom stereocenters. The van der Waals surface area contributed by atoms with E-state index in [2.05, 4.69) is 15.3 Å². The number of amides is 2. The van der Waals surface area contributed by atoms with Crippen LogP contribution in [0.5, 0.6) is 0 Å². The molecule has 206 valence electrons. The monoisotopic (exact) mass is 534 g/mol. The van der Waals surface area contributed by atoms with Gasteiger partial charge < -0.3 is 24.3 Å². The molecule has 0 bridgehead atoms. The van der Waals surface area contributed by atoms with E-state index in [1.54, 1.807) is 51.9 Å². The third-order valence-electron chi connectivity index (χ3n) is 7.10. The first kappa shape index (κ1) is 29.7. The molecule has 2 fully saturated rings. The number of ether oxygens (including phenoxy) is 1. The molecule has 37 heavy (non-hydrogen) atoms. The van der Waals surface area contributed by atoms with Gasteiger partial charge in [0.25, 0.3) is 0 Å². The quantitative estimate of drug-likeness (QED) is 0.233. The summed E-state index contributed by atoms with van der Waals surface area (Å²) >= 11 is 1.64. The van der Waals surface area contributed by atoms with Crippen molar-refractivity contribution in [3.8, 4) is 0 Å². The first-order chi connectivity index (χ1) is 17.2. The van der Waals surface area contributed by atoms with E-state index >= 15 is 0 Å². The number of nitrogens with one attached hydrogen (secondary N) is 1. The molecule has 2 amide bonds. The van der Waals surface area contributed by atoms with Crippen LogP contribution in [0, 0.1) is 5.92 Å². The minimum atomic E-state index is -0.610. The number of thioether (sulfide) groups is 1. The zero-order valence-corrected chi connectivity index (χ0v) is 24.4. The molecule has 2 aliphatic rings. The summed E-state index contributed by atoms with van der Waals surface area (Å²) in [4.78, 5) is 35.8.